The number of hydrogen-bond acceptors (Lipinski definition) is 5. The summed E-state index contributed by atoms with van der Waals surface area (Å²) in [5.41, 5.74) is 1.07. The molecule has 0 amide bonds. The maximum Gasteiger partial charge on any atom is 2.00 e. The smallest absolute Gasteiger partial charge is 0.358 e. The Labute approximate surface area is 189 Å². The molecule has 9 heteroatoms. The van der Waals surface area contributed by atoms with Crippen molar-refractivity contribution in [3.8, 4) is 0 Å². The van der Waals surface area contributed by atoms with Crippen LogP contribution in [-0.4, -0.2) is 64.2 Å². The van der Waals surface area contributed by atoms with Crippen LogP contribution in [0.5, 0.6) is 0 Å². The molecule has 0 fully saturated rings. The van der Waals surface area contributed by atoms with Gasteiger partial charge >= 0.3 is 21.7 Å². The second kappa shape index (κ2) is 21.4. The van der Waals surface area contributed by atoms with Crippen molar-refractivity contribution in [1.82, 2.24) is 4.90 Å². The molecule has 0 aliphatic rings. The second-order valence-electron chi connectivity index (χ2n) is 6.18. The Morgan fingerprint density at radius 1 is 1.07 bits per heavy atom. The van der Waals surface area contributed by atoms with Crippen LogP contribution in [0.4, 0.5) is 0 Å². The van der Waals surface area contributed by atoms with Gasteiger partial charge in [0.1, 0.15) is 5.78 Å². The molecule has 28 heavy (non-hydrogen) atoms. The monoisotopic (exact) mass is 473 g/mol. The summed E-state index contributed by atoms with van der Waals surface area (Å²) >= 11 is 0. The van der Waals surface area contributed by atoms with Gasteiger partial charge in [0.2, 0.25) is 0 Å². The van der Waals surface area contributed by atoms with E-state index in [0.29, 0.717) is 4.90 Å². The number of ketones is 1. The fourth-order valence-corrected chi connectivity index (χ4v) is 1.42. The van der Waals surface area contributed by atoms with Crippen LogP contribution in [0.1, 0.15) is 26.3 Å². The predicted octanol–water partition coefficient (Wildman–Crippen LogP) is 3.98. The van der Waals surface area contributed by atoms with Crippen LogP contribution in [0.2, 0.25) is 0 Å². The molecule has 0 heterocycles. The van der Waals surface area contributed by atoms with Crippen molar-refractivity contribution in [1.29, 1.82) is 0 Å². The zero-order valence-electron chi connectivity index (χ0n) is 19.4. The average Bonchev–Trinajstić information content (AvgIpc) is 2.36. The zero-order chi connectivity index (χ0) is 20.8. The summed E-state index contributed by atoms with van der Waals surface area (Å²) in [6.07, 6.45) is 1.21. The van der Waals surface area contributed by atoms with Gasteiger partial charge in [-0.15, -0.1) is 0 Å². The minimum atomic E-state index is -3.02. The van der Waals surface area contributed by atoms with Crippen molar-refractivity contribution in [2.24, 2.45) is 0 Å². The summed E-state index contributed by atoms with van der Waals surface area (Å²) in [7, 11) is -1.55. The first kappa shape index (κ1) is 41.9. The number of carbonyl (C=O) groups excluding carboxylic acids is 1. The molecule has 1 aromatic rings. The molecule has 0 radical (unpaired) electrons. The van der Waals surface area contributed by atoms with Crippen LogP contribution in [0.25, 0.3) is 0 Å². The van der Waals surface area contributed by atoms with Gasteiger partial charge in [0, 0.05) is 19.6 Å². The molecule has 1 aromatic carbocycles. The van der Waals surface area contributed by atoms with Gasteiger partial charge in [0.25, 0.3) is 0 Å². The quantitative estimate of drug-likeness (QED) is 0.397. The van der Waals surface area contributed by atoms with E-state index in [4.69, 9.17) is 4.89 Å². The third-order valence-corrected chi connectivity index (χ3v) is 3.21. The van der Waals surface area contributed by atoms with Gasteiger partial charge in [-0.1, -0.05) is 24.6 Å². The minimum absolute atomic E-state index is 0. The topological polar surface area (TPSA) is 91.8 Å². The van der Waals surface area contributed by atoms with Crippen molar-refractivity contribution in [3.05, 3.63) is 44.7 Å². The van der Waals surface area contributed by atoms with Crippen LogP contribution < -0.4 is 0 Å². The van der Waals surface area contributed by atoms with Gasteiger partial charge in [-0.05, 0) is 53.5 Å². The number of carbonyl (C=O) groups is 1. The third-order valence-electron chi connectivity index (χ3n) is 2.08. The van der Waals surface area contributed by atoms with E-state index in [1.807, 2.05) is 6.92 Å². The molecular weight excluding hydrogens is 433 g/mol. The minimum Gasteiger partial charge on any atom is -0.358 e. The van der Waals surface area contributed by atoms with Crippen molar-refractivity contribution >= 4 is 23.0 Å². The number of nitrogens with zero attached hydrogens (tertiary/aromatic N) is 1. The first-order valence-corrected chi connectivity index (χ1v) is 12.1. The molecule has 0 aromatic heterocycles. The predicted molar refractivity (Wildman–Crippen MR) is 119 cm³/mol. The van der Waals surface area contributed by atoms with Gasteiger partial charge in [0.05, 0.1) is 4.90 Å². The summed E-state index contributed by atoms with van der Waals surface area (Å²) in [5, 5.41) is 0. The Bertz CT molecular complexity index is 614. The number of sulfone groups is 1. The van der Waals surface area contributed by atoms with E-state index in [2.05, 4.69) is 25.9 Å². The SMILES string of the molecule is CC(C)=O.CCN(C)C.CP(C)(=O)O.Cc1ccc(S(C)(=O)=O)cc1.[CH3-].[CH3-].[Ti+2]. The largest absolute Gasteiger partial charge is 2.00 e. The molecule has 6 nitrogen and oxygen atoms in total. The first-order chi connectivity index (χ1) is 11.0. The maximum absolute atomic E-state index is 10.9. The second-order valence-corrected chi connectivity index (χ2v) is 10.8. The summed E-state index contributed by atoms with van der Waals surface area (Å²) in [4.78, 5) is 20.0. The van der Waals surface area contributed by atoms with Crippen molar-refractivity contribution in [3.63, 3.8) is 0 Å². The van der Waals surface area contributed by atoms with E-state index in [0.717, 1.165) is 12.1 Å². The van der Waals surface area contributed by atoms with E-state index >= 15 is 0 Å². The Balaban J connectivity index is -0.0000000616. The third kappa shape index (κ3) is 50.0. The van der Waals surface area contributed by atoms with Gasteiger partial charge in [-0.3, -0.25) is 4.57 Å². The van der Waals surface area contributed by atoms with E-state index in [1.54, 1.807) is 24.3 Å². The van der Waals surface area contributed by atoms with Crippen LogP contribution in [0.3, 0.4) is 0 Å². The fourth-order valence-electron chi connectivity index (χ4n) is 0.785. The Morgan fingerprint density at radius 2 is 1.29 bits per heavy atom. The zero-order valence-corrected chi connectivity index (χ0v) is 22.7. The molecular formula is C19H40NO5PSTi. The van der Waals surface area contributed by atoms with Gasteiger partial charge in [-0.2, -0.15) is 0 Å². The molecule has 0 saturated carbocycles. The van der Waals surface area contributed by atoms with Gasteiger partial charge in [0.15, 0.2) is 17.2 Å². The van der Waals surface area contributed by atoms with Crippen molar-refractivity contribution < 1.29 is 44.4 Å². The van der Waals surface area contributed by atoms with Crippen molar-refractivity contribution in [2.45, 2.75) is 32.6 Å². The van der Waals surface area contributed by atoms with Crippen LogP contribution >= 0.6 is 7.37 Å². The van der Waals surface area contributed by atoms with Gasteiger partial charge in [-0.25, -0.2) is 8.42 Å². The number of aryl methyl sites for hydroxylation is 1. The van der Waals surface area contributed by atoms with E-state index < -0.39 is 17.2 Å². The molecule has 0 unspecified atom stereocenters. The number of Topliss-reactive ketones (excluding diaryl/α,β-unsaturated/α-hetero) is 1. The van der Waals surface area contributed by atoms with Crippen LogP contribution in [0, 0.1) is 21.8 Å². The van der Waals surface area contributed by atoms with E-state index in [1.165, 1.54) is 33.4 Å². The fraction of sp³-hybridized carbons (Fsp3) is 0.526. The van der Waals surface area contributed by atoms with E-state index in [9.17, 15) is 17.8 Å². The Morgan fingerprint density at radius 3 is 1.43 bits per heavy atom. The number of rotatable bonds is 2. The molecule has 0 spiro atoms. The molecule has 166 valence electrons. The standard InChI is InChI=1S/C8H10O2S.C4H11N.C3H6O.C2H7O2P.2CH3.Ti/c1-7-3-5-8(6-4-7)11(2,9)10;1-4-5(2)3;1-3(2)4;1-5(2,3)4;;;/h3-6H,1-2H3;4H2,1-3H3;1-2H3;1-2H3,(H,3,4);2*1H3;/q;;;;2*-1;+2. The first-order valence-electron chi connectivity index (χ1n) is 7.67. The van der Waals surface area contributed by atoms with Crippen LogP contribution in [0.15, 0.2) is 29.2 Å². The summed E-state index contributed by atoms with van der Waals surface area (Å²) in [6, 6.07) is 6.81. The van der Waals surface area contributed by atoms with Crippen LogP contribution in [-0.2, 0) is 40.9 Å². The molecule has 0 saturated heterocycles. The van der Waals surface area contributed by atoms with E-state index in [-0.39, 0.29) is 42.4 Å². The van der Waals surface area contributed by atoms with Crippen molar-refractivity contribution in [2.75, 3.05) is 40.2 Å². The number of benzene rings is 1. The summed E-state index contributed by atoms with van der Waals surface area (Å²) in [6.45, 7) is 10.8. The molecule has 0 aliphatic carbocycles. The Kier molecular flexibility index (Phi) is 32.1. The summed E-state index contributed by atoms with van der Waals surface area (Å²) < 4.78 is 31.7. The molecule has 0 aliphatic heterocycles. The summed E-state index contributed by atoms with van der Waals surface area (Å²) in [5.74, 6) is 0.167. The van der Waals surface area contributed by atoms with Gasteiger partial charge < -0.3 is 29.4 Å². The molecule has 0 atom stereocenters. The maximum atomic E-state index is 10.9. The Hall–Kier alpha value is -0.296. The normalized spacial score (nSPS) is 9.25. The molecule has 1 rings (SSSR count). The molecule has 1 N–H and O–H groups in total. The number of hydrogen-bond donors (Lipinski definition) is 1. The average molecular weight is 473 g/mol. The molecule has 0 bridgehead atoms.